The van der Waals surface area contributed by atoms with Gasteiger partial charge in [-0.25, -0.2) is 0 Å². The van der Waals surface area contributed by atoms with E-state index in [1.165, 1.54) is 0 Å². The van der Waals surface area contributed by atoms with Crippen LogP contribution in [0.3, 0.4) is 0 Å². The van der Waals surface area contributed by atoms with Gasteiger partial charge in [-0.1, -0.05) is 46.4 Å². The fourth-order valence-electron chi connectivity index (χ4n) is 4.02. The number of fused-ring (bicyclic) bond motifs is 9. The van der Waals surface area contributed by atoms with Crippen LogP contribution < -0.4 is 0 Å². The Kier molecular flexibility index (Phi) is 2.33. The first kappa shape index (κ1) is 12.8. The van der Waals surface area contributed by atoms with Gasteiger partial charge in [-0.15, -0.1) is 23.2 Å². The van der Waals surface area contributed by atoms with Gasteiger partial charge in [0.1, 0.15) is 9.75 Å². The summed E-state index contributed by atoms with van der Waals surface area (Å²) in [6.07, 6.45) is 0.816. The summed E-state index contributed by atoms with van der Waals surface area (Å²) in [4.78, 5) is -2.33. The minimum atomic E-state index is -1.45. The molecule has 4 rings (SSSR count). The zero-order valence-electron chi connectivity index (χ0n) is 8.68. The standard InChI is InChI=1S/C10H6Cl6N2/c11-6-7(12)9(14)5-3-1-2(17-18-3)4(5)8(6,13)10(9,15)16/h2-5H,1H2/t2-,3+,4-,5+,8-,9+. The molecule has 0 N–H and O–H groups in total. The molecule has 0 aromatic rings. The fraction of sp³-hybridized carbons (Fsp3) is 0.800. The predicted octanol–water partition coefficient (Wildman–Crippen LogP) is 4.67. The number of nitrogens with zero attached hydrogens (tertiary/aromatic N) is 2. The zero-order valence-corrected chi connectivity index (χ0v) is 13.2. The summed E-state index contributed by atoms with van der Waals surface area (Å²) >= 11 is 38.9. The number of hydrogen-bond acceptors (Lipinski definition) is 2. The molecule has 4 aliphatic rings. The van der Waals surface area contributed by atoms with Crippen molar-refractivity contribution in [2.75, 3.05) is 0 Å². The highest BCUT2D eigenvalue weighted by molar-refractivity contribution is 6.65. The van der Waals surface area contributed by atoms with E-state index in [1.54, 1.807) is 0 Å². The quantitative estimate of drug-likeness (QED) is 0.439. The Balaban J connectivity index is 2.03. The molecule has 0 spiro atoms. The average Bonchev–Trinajstić information content (AvgIpc) is 2.97. The lowest BCUT2D eigenvalue weighted by molar-refractivity contribution is 0.304. The third kappa shape index (κ3) is 0.953. The minimum Gasteiger partial charge on any atom is -0.190 e. The fourth-order valence-corrected chi connectivity index (χ4v) is 7.13. The molecular formula is C10H6Cl6N2. The van der Waals surface area contributed by atoms with E-state index < -0.39 is 14.1 Å². The van der Waals surface area contributed by atoms with E-state index in [2.05, 4.69) is 10.2 Å². The molecule has 6 atom stereocenters. The van der Waals surface area contributed by atoms with Gasteiger partial charge in [-0.05, 0) is 6.42 Å². The van der Waals surface area contributed by atoms with Crippen LogP contribution in [0.2, 0.25) is 0 Å². The number of hydrogen-bond donors (Lipinski definition) is 0. The van der Waals surface area contributed by atoms with Crippen LogP contribution in [0.25, 0.3) is 0 Å². The van der Waals surface area contributed by atoms with E-state index in [9.17, 15) is 0 Å². The maximum atomic E-state index is 6.69. The van der Waals surface area contributed by atoms with E-state index in [0.717, 1.165) is 6.42 Å². The molecule has 98 valence electrons. The monoisotopic (exact) mass is 364 g/mol. The molecule has 2 fully saturated rings. The van der Waals surface area contributed by atoms with Gasteiger partial charge in [0.25, 0.3) is 0 Å². The molecule has 8 heteroatoms. The van der Waals surface area contributed by atoms with Crippen LogP contribution in [-0.2, 0) is 0 Å². The molecule has 1 heterocycles. The van der Waals surface area contributed by atoms with Crippen LogP contribution in [0.5, 0.6) is 0 Å². The minimum absolute atomic E-state index is 0.0199. The summed E-state index contributed by atoms with van der Waals surface area (Å²) in [7, 11) is 0. The van der Waals surface area contributed by atoms with Crippen molar-refractivity contribution in [1.29, 1.82) is 0 Å². The van der Waals surface area contributed by atoms with Gasteiger partial charge in [0.2, 0.25) is 0 Å². The highest BCUT2D eigenvalue weighted by Gasteiger charge is 2.86. The molecule has 4 bridgehead atoms. The largest absolute Gasteiger partial charge is 0.190 e. The molecule has 1 aliphatic heterocycles. The van der Waals surface area contributed by atoms with E-state index >= 15 is 0 Å². The second kappa shape index (κ2) is 3.28. The van der Waals surface area contributed by atoms with E-state index in [0.29, 0.717) is 0 Å². The van der Waals surface area contributed by atoms with Crippen molar-refractivity contribution in [3.05, 3.63) is 10.1 Å². The molecular weight excluding hydrogens is 361 g/mol. The van der Waals surface area contributed by atoms with Gasteiger partial charge in [0, 0.05) is 11.8 Å². The van der Waals surface area contributed by atoms with Gasteiger partial charge < -0.3 is 0 Å². The molecule has 18 heavy (non-hydrogen) atoms. The number of allylic oxidation sites excluding steroid dienone is 2. The first-order valence-corrected chi connectivity index (χ1v) is 7.76. The van der Waals surface area contributed by atoms with Crippen molar-refractivity contribution in [2.24, 2.45) is 22.1 Å². The summed E-state index contributed by atoms with van der Waals surface area (Å²) in [5, 5.41) is 8.93. The maximum absolute atomic E-state index is 6.69. The molecule has 0 radical (unpaired) electrons. The molecule has 0 saturated heterocycles. The van der Waals surface area contributed by atoms with Crippen LogP contribution in [-0.4, -0.2) is 26.2 Å². The number of halogens is 6. The number of azo groups is 1. The Hall–Kier alpha value is 1.08. The number of rotatable bonds is 0. The first-order chi connectivity index (χ1) is 8.28. The molecule has 2 saturated carbocycles. The van der Waals surface area contributed by atoms with Crippen molar-refractivity contribution < 1.29 is 0 Å². The Bertz CT molecular complexity index is 488. The summed E-state index contributed by atoms with van der Waals surface area (Å²) in [6, 6.07) is -0.0398. The van der Waals surface area contributed by atoms with Gasteiger partial charge >= 0.3 is 0 Å². The van der Waals surface area contributed by atoms with Crippen LogP contribution >= 0.6 is 69.6 Å². The Morgan fingerprint density at radius 3 is 1.61 bits per heavy atom. The first-order valence-electron chi connectivity index (χ1n) is 5.49. The predicted molar refractivity (Wildman–Crippen MR) is 74.4 cm³/mol. The number of alkyl halides is 4. The highest BCUT2D eigenvalue weighted by Crippen LogP contribution is 2.80. The summed E-state index contributed by atoms with van der Waals surface area (Å²) in [6.45, 7) is 0. The van der Waals surface area contributed by atoms with Crippen molar-refractivity contribution >= 4 is 69.6 Å². The van der Waals surface area contributed by atoms with E-state index in [4.69, 9.17) is 69.6 Å². The highest BCUT2D eigenvalue weighted by atomic mass is 35.5. The molecule has 0 aromatic carbocycles. The van der Waals surface area contributed by atoms with Crippen molar-refractivity contribution in [2.45, 2.75) is 32.6 Å². The third-order valence-electron chi connectivity index (χ3n) is 4.73. The van der Waals surface area contributed by atoms with Crippen LogP contribution in [0.4, 0.5) is 0 Å². The summed E-state index contributed by atoms with van der Waals surface area (Å²) in [5.74, 6) is -0.215. The normalized spacial score (nSPS) is 58.8. The average molecular weight is 367 g/mol. The maximum Gasteiger partial charge on any atom is 0.167 e. The van der Waals surface area contributed by atoms with Crippen LogP contribution in [0, 0.1) is 11.8 Å². The zero-order chi connectivity index (χ0) is 13.1. The van der Waals surface area contributed by atoms with Crippen molar-refractivity contribution in [3.8, 4) is 0 Å². The van der Waals surface area contributed by atoms with Gasteiger partial charge in [-0.2, -0.15) is 10.2 Å². The molecule has 0 unspecified atom stereocenters. The second-order valence-electron chi connectivity index (χ2n) is 5.28. The Morgan fingerprint density at radius 1 is 0.833 bits per heavy atom. The topological polar surface area (TPSA) is 24.7 Å². The smallest absolute Gasteiger partial charge is 0.167 e. The van der Waals surface area contributed by atoms with Gasteiger partial charge in [0.15, 0.2) is 4.33 Å². The molecule has 2 nitrogen and oxygen atoms in total. The molecule has 0 amide bonds. The SMILES string of the molecule is ClC1=C(Cl)[C@]2(Cl)[C@H]3[C@H]([C@@H]4C[C@H]3N=N4)[C@@]1(Cl)C2(Cl)Cl. The third-order valence-corrected chi connectivity index (χ3v) is 9.02. The van der Waals surface area contributed by atoms with Crippen molar-refractivity contribution in [1.82, 2.24) is 0 Å². The lowest BCUT2D eigenvalue weighted by Crippen LogP contribution is -2.46. The molecule has 0 aromatic heterocycles. The summed E-state index contributed by atoms with van der Waals surface area (Å²) in [5.41, 5.74) is 0. The lowest BCUT2D eigenvalue weighted by Gasteiger charge is -2.36. The van der Waals surface area contributed by atoms with E-state index in [-0.39, 0.29) is 34.0 Å². The Labute approximate surface area is 134 Å². The van der Waals surface area contributed by atoms with Gasteiger partial charge in [-0.3, -0.25) is 0 Å². The van der Waals surface area contributed by atoms with Crippen LogP contribution in [0.15, 0.2) is 20.3 Å². The summed E-state index contributed by atoms with van der Waals surface area (Å²) < 4.78 is -1.45. The van der Waals surface area contributed by atoms with Crippen LogP contribution in [0.1, 0.15) is 6.42 Å². The van der Waals surface area contributed by atoms with E-state index in [1.807, 2.05) is 0 Å². The lowest BCUT2D eigenvalue weighted by atomic mass is 9.81. The van der Waals surface area contributed by atoms with Gasteiger partial charge in [0.05, 0.1) is 22.1 Å². The van der Waals surface area contributed by atoms with Crippen molar-refractivity contribution in [3.63, 3.8) is 0 Å². The second-order valence-corrected chi connectivity index (χ2v) is 8.55. The Morgan fingerprint density at radius 2 is 1.22 bits per heavy atom. The molecule has 3 aliphatic carbocycles.